The maximum atomic E-state index is 14.3. The quantitative estimate of drug-likeness (QED) is 0.222. The number of carbonyl (C=O) groups excluding carboxylic acids is 2. The van der Waals surface area contributed by atoms with Gasteiger partial charge in [0.1, 0.15) is 27.4 Å². The second-order valence-corrected chi connectivity index (χ2v) is 13.3. The number of fused-ring (bicyclic) bond motifs is 1. The molecule has 0 radical (unpaired) electrons. The highest BCUT2D eigenvalue weighted by molar-refractivity contribution is 7.07. The number of hydrogen-bond acceptors (Lipinski definition) is 9. The van der Waals surface area contributed by atoms with E-state index in [4.69, 9.17) is 42.6 Å². The van der Waals surface area contributed by atoms with Crippen LogP contribution in [0.4, 0.5) is 22.2 Å². The highest BCUT2D eigenvalue weighted by Gasteiger charge is 2.41. The zero-order chi connectivity index (χ0) is 32.4. The van der Waals surface area contributed by atoms with E-state index in [1.807, 2.05) is 5.38 Å². The minimum Gasteiger partial charge on any atom is -0.495 e. The first-order valence-corrected chi connectivity index (χ1v) is 17.1. The van der Waals surface area contributed by atoms with Gasteiger partial charge in [-0.3, -0.25) is 14.6 Å². The van der Waals surface area contributed by atoms with Crippen molar-refractivity contribution in [2.45, 2.75) is 70.1 Å². The lowest BCUT2D eigenvalue weighted by molar-refractivity contribution is -0.117. The van der Waals surface area contributed by atoms with Crippen molar-refractivity contribution in [2.24, 2.45) is 11.8 Å². The molecule has 3 atom stereocenters. The number of halogens is 2. The number of anilines is 3. The fourth-order valence-corrected chi connectivity index (χ4v) is 8.35. The molecule has 3 aromatic rings. The van der Waals surface area contributed by atoms with E-state index < -0.39 is 0 Å². The van der Waals surface area contributed by atoms with Crippen LogP contribution in [0.15, 0.2) is 35.8 Å². The zero-order valence-corrected chi connectivity index (χ0v) is 28.1. The van der Waals surface area contributed by atoms with Crippen LogP contribution in [0.5, 0.6) is 11.5 Å². The summed E-state index contributed by atoms with van der Waals surface area (Å²) in [5, 5.41) is 9.02. The molecule has 0 spiro atoms. The van der Waals surface area contributed by atoms with Gasteiger partial charge < -0.3 is 20.1 Å². The number of carbonyl (C=O) groups is 2. The van der Waals surface area contributed by atoms with Gasteiger partial charge in [-0.15, -0.1) is 11.3 Å². The fraction of sp³-hybridized carbons (Fsp3) is 0.469. The van der Waals surface area contributed by atoms with Crippen molar-refractivity contribution in [3.8, 4) is 11.5 Å². The number of benzene rings is 1. The van der Waals surface area contributed by atoms with Gasteiger partial charge in [-0.25, -0.2) is 14.8 Å². The van der Waals surface area contributed by atoms with Gasteiger partial charge in [0.2, 0.25) is 11.9 Å². The van der Waals surface area contributed by atoms with E-state index in [9.17, 15) is 9.59 Å². The number of nitrogens with one attached hydrogen (secondary N) is 2. The number of ether oxygens (including phenoxy) is 2. The van der Waals surface area contributed by atoms with E-state index in [-0.39, 0.29) is 52.8 Å². The molecule has 11 nitrogen and oxygen atoms in total. The third-order valence-electron chi connectivity index (χ3n) is 9.27. The molecule has 0 bridgehead atoms. The highest BCUT2D eigenvalue weighted by atomic mass is 35.5. The number of amides is 3. The molecule has 6 rings (SSSR count). The lowest BCUT2D eigenvalue weighted by Crippen LogP contribution is -2.54. The molecule has 46 heavy (non-hydrogen) atoms. The Morgan fingerprint density at radius 1 is 1.11 bits per heavy atom. The molecule has 3 heterocycles. The minimum atomic E-state index is -0.387. The normalized spacial score (nSPS) is 21.6. The van der Waals surface area contributed by atoms with Gasteiger partial charge in [-0.1, -0.05) is 61.9 Å². The first-order chi connectivity index (χ1) is 22.3. The average Bonchev–Trinajstić information content (AvgIpc) is 3.79. The molecule has 14 heteroatoms. The van der Waals surface area contributed by atoms with Crippen molar-refractivity contribution in [2.75, 3.05) is 29.3 Å². The average molecular weight is 687 g/mol. The second kappa shape index (κ2) is 14.0. The van der Waals surface area contributed by atoms with Gasteiger partial charge in [0.25, 0.3) is 0 Å². The summed E-state index contributed by atoms with van der Waals surface area (Å²) in [5.41, 5.74) is 3.39. The monoisotopic (exact) mass is 685 g/mol. The maximum Gasteiger partial charge on any atom is 0.330 e. The predicted molar refractivity (Wildman–Crippen MR) is 180 cm³/mol. The summed E-state index contributed by atoms with van der Waals surface area (Å²) in [6.07, 6.45) is 10.8. The SMILES string of the molecule is C=CC(=O)N[C@H]1CCCC(C2CCCC2)[C@H]1Nc1ncc2c(n1)N(Cc1cscn1)C(=O)N(c1c(Cl)c(OC)cc(OC)c1Cl)C2. The Bertz CT molecular complexity index is 1570. The topological polar surface area (TPSA) is 122 Å². The smallest absolute Gasteiger partial charge is 0.330 e. The van der Waals surface area contributed by atoms with E-state index in [1.54, 1.807) is 22.7 Å². The molecule has 2 fully saturated rings. The van der Waals surface area contributed by atoms with Crippen LogP contribution in [0, 0.1) is 11.8 Å². The Labute approximate surface area is 282 Å². The molecule has 2 aromatic heterocycles. The first kappa shape index (κ1) is 32.3. The summed E-state index contributed by atoms with van der Waals surface area (Å²) in [7, 11) is 2.97. The summed E-state index contributed by atoms with van der Waals surface area (Å²) in [4.78, 5) is 43.9. The van der Waals surface area contributed by atoms with Crippen LogP contribution in [0.2, 0.25) is 10.0 Å². The third kappa shape index (κ3) is 6.34. The Kier molecular flexibility index (Phi) is 9.86. The minimum absolute atomic E-state index is 0.0663. The Hall–Kier alpha value is -3.61. The Morgan fingerprint density at radius 2 is 1.85 bits per heavy atom. The number of aromatic nitrogens is 3. The van der Waals surface area contributed by atoms with Crippen LogP contribution in [-0.4, -0.2) is 53.2 Å². The van der Waals surface area contributed by atoms with Crippen molar-refractivity contribution in [3.05, 3.63) is 57.1 Å². The van der Waals surface area contributed by atoms with Gasteiger partial charge in [-0.05, 0) is 30.8 Å². The first-order valence-electron chi connectivity index (χ1n) is 15.4. The third-order valence-corrected chi connectivity index (χ3v) is 10.6. The maximum absolute atomic E-state index is 14.3. The molecule has 2 saturated carbocycles. The van der Waals surface area contributed by atoms with Crippen LogP contribution in [0.25, 0.3) is 0 Å². The summed E-state index contributed by atoms with van der Waals surface area (Å²) < 4.78 is 10.9. The predicted octanol–water partition coefficient (Wildman–Crippen LogP) is 6.85. The summed E-state index contributed by atoms with van der Waals surface area (Å²) >= 11 is 15.0. The van der Waals surface area contributed by atoms with Crippen molar-refractivity contribution in [1.82, 2.24) is 20.3 Å². The van der Waals surface area contributed by atoms with Crippen molar-refractivity contribution in [1.29, 1.82) is 0 Å². The number of rotatable bonds is 10. The summed E-state index contributed by atoms with van der Waals surface area (Å²) in [6.45, 7) is 3.94. The molecular weight excluding hydrogens is 649 g/mol. The number of thiazole rings is 1. The molecule has 1 aliphatic heterocycles. The molecule has 0 saturated heterocycles. The van der Waals surface area contributed by atoms with Crippen LogP contribution in [0.3, 0.4) is 0 Å². The fourth-order valence-electron chi connectivity index (χ4n) is 7.10. The van der Waals surface area contributed by atoms with Crippen LogP contribution >= 0.6 is 34.5 Å². The van der Waals surface area contributed by atoms with E-state index in [0.29, 0.717) is 46.4 Å². The largest absolute Gasteiger partial charge is 0.495 e. The van der Waals surface area contributed by atoms with E-state index in [1.165, 1.54) is 62.2 Å². The Balaban J connectivity index is 1.38. The van der Waals surface area contributed by atoms with Crippen molar-refractivity contribution >= 4 is 63.9 Å². The van der Waals surface area contributed by atoms with Gasteiger partial charge in [0.15, 0.2) is 0 Å². The molecule has 2 aliphatic carbocycles. The van der Waals surface area contributed by atoms with Crippen LogP contribution in [0.1, 0.15) is 56.2 Å². The second-order valence-electron chi connectivity index (χ2n) is 11.9. The summed E-state index contributed by atoms with van der Waals surface area (Å²) in [6, 6.07) is 1.03. The van der Waals surface area contributed by atoms with Gasteiger partial charge in [0.05, 0.1) is 50.2 Å². The zero-order valence-electron chi connectivity index (χ0n) is 25.8. The van der Waals surface area contributed by atoms with Crippen molar-refractivity contribution < 1.29 is 19.1 Å². The lowest BCUT2D eigenvalue weighted by Gasteiger charge is -2.42. The van der Waals surface area contributed by atoms with Gasteiger partial charge in [0, 0.05) is 29.2 Å². The lowest BCUT2D eigenvalue weighted by atomic mass is 9.73. The molecular formula is C32H37Cl2N7O4S. The number of nitrogens with zero attached hydrogens (tertiary/aromatic N) is 5. The molecule has 1 aromatic carbocycles. The van der Waals surface area contributed by atoms with E-state index in [0.717, 1.165) is 19.3 Å². The molecule has 2 N–H and O–H groups in total. The van der Waals surface area contributed by atoms with Crippen LogP contribution in [-0.2, 0) is 17.9 Å². The Morgan fingerprint density at radius 3 is 2.50 bits per heavy atom. The highest BCUT2D eigenvalue weighted by Crippen LogP contribution is 2.48. The number of methoxy groups -OCH3 is 2. The molecule has 3 amide bonds. The van der Waals surface area contributed by atoms with E-state index in [2.05, 4.69) is 22.2 Å². The van der Waals surface area contributed by atoms with Gasteiger partial charge in [-0.2, -0.15) is 4.98 Å². The summed E-state index contributed by atoms with van der Waals surface area (Å²) in [5.74, 6) is 2.25. The molecule has 244 valence electrons. The van der Waals surface area contributed by atoms with Crippen molar-refractivity contribution in [3.63, 3.8) is 0 Å². The molecule has 1 unspecified atom stereocenters. The van der Waals surface area contributed by atoms with Gasteiger partial charge >= 0.3 is 6.03 Å². The standard InChI is InChI=1S/C32H37Cl2N7O4S/c1-4-25(42)37-22-11-7-10-21(18-8-5-6-9-18)28(22)38-31-35-13-19-14-40(29-26(33)23(44-2)12-24(45-3)27(29)34)32(43)41(30(19)39-31)15-20-16-46-17-36-20/h4,12-13,16-18,21-22,28H,1,5-11,14-15H2,2-3H3,(H,37,42)(H,35,38,39)/t21?,22-,28+/m0/s1. The molecule has 3 aliphatic rings. The van der Waals surface area contributed by atoms with Crippen LogP contribution < -0.4 is 29.9 Å². The van der Waals surface area contributed by atoms with E-state index >= 15 is 0 Å². The number of hydrogen-bond donors (Lipinski definition) is 2. The number of urea groups is 1.